The fourth-order valence-corrected chi connectivity index (χ4v) is 6.31. The van der Waals surface area contributed by atoms with Crippen LogP contribution in [0.5, 0.6) is 0 Å². The molecule has 0 unspecified atom stereocenters. The molecule has 0 radical (unpaired) electrons. The number of piperidine rings is 1. The number of carbonyl (C=O) groups is 3. The van der Waals surface area contributed by atoms with E-state index in [0.717, 1.165) is 63.6 Å². The first-order valence-corrected chi connectivity index (χ1v) is 12.8. The summed E-state index contributed by atoms with van der Waals surface area (Å²) in [6.45, 7) is 2.16. The lowest BCUT2D eigenvalue weighted by atomic mass is 9.93. The first-order chi connectivity index (χ1) is 16.1. The second-order valence-electron chi connectivity index (χ2n) is 10.1. The third kappa shape index (κ3) is 4.05. The van der Waals surface area contributed by atoms with E-state index >= 15 is 0 Å². The number of likely N-dealkylation sites (tertiary alicyclic amines) is 1. The minimum absolute atomic E-state index is 0.0102. The van der Waals surface area contributed by atoms with Gasteiger partial charge in [-0.25, -0.2) is 0 Å². The van der Waals surface area contributed by atoms with Crippen LogP contribution in [0.2, 0.25) is 0 Å². The summed E-state index contributed by atoms with van der Waals surface area (Å²) in [6.07, 6.45) is 9.59. The van der Waals surface area contributed by atoms with Crippen LogP contribution in [0.4, 0.5) is 5.69 Å². The number of fused-ring (bicyclic) bond motifs is 1. The van der Waals surface area contributed by atoms with Crippen LogP contribution in [0, 0.1) is 5.92 Å². The highest BCUT2D eigenvalue weighted by Gasteiger charge is 2.43. The molecule has 7 nitrogen and oxygen atoms in total. The SMILES string of the molecule is O=C1c2cccc(N3CCC(C(=O)N4CCC[C@H]4CO)CC3)c2C(=O)N1C1CCCCCC1. The van der Waals surface area contributed by atoms with E-state index in [2.05, 4.69) is 4.90 Å². The Bertz CT molecular complexity index is 916. The highest BCUT2D eigenvalue weighted by Crippen LogP contribution is 2.37. The standard InChI is InChI=1S/C26H35N3O4/c30-17-20-9-6-14-28(20)24(31)18-12-15-27(16-13-18)22-11-5-10-21-23(22)26(33)29(25(21)32)19-7-3-1-2-4-8-19/h5,10-11,18-20,30H,1-4,6-9,12-17H2/t20-/m0/s1. The Labute approximate surface area is 195 Å². The van der Waals surface area contributed by atoms with Crippen molar-refractivity contribution < 1.29 is 19.5 Å². The molecule has 1 saturated carbocycles. The zero-order chi connectivity index (χ0) is 22.9. The van der Waals surface area contributed by atoms with Gasteiger partial charge in [-0.05, 0) is 50.7 Å². The number of hydrogen-bond donors (Lipinski definition) is 1. The first-order valence-electron chi connectivity index (χ1n) is 12.8. The Morgan fingerprint density at radius 1 is 0.879 bits per heavy atom. The number of carbonyl (C=O) groups excluding carboxylic acids is 3. The van der Waals surface area contributed by atoms with Gasteiger partial charge in [-0.3, -0.25) is 19.3 Å². The van der Waals surface area contributed by atoms with Crippen molar-refractivity contribution in [1.82, 2.24) is 9.80 Å². The van der Waals surface area contributed by atoms with Crippen molar-refractivity contribution in [2.24, 2.45) is 5.92 Å². The second-order valence-corrected chi connectivity index (χ2v) is 10.1. The smallest absolute Gasteiger partial charge is 0.263 e. The third-order valence-corrected chi connectivity index (χ3v) is 8.17. The fourth-order valence-electron chi connectivity index (χ4n) is 6.31. The van der Waals surface area contributed by atoms with Crippen LogP contribution >= 0.6 is 0 Å². The normalized spacial score (nSPS) is 25.0. The molecule has 5 rings (SSSR count). The Hall–Kier alpha value is -2.41. The summed E-state index contributed by atoms with van der Waals surface area (Å²) in [5, 5.41) is 9.58. The maximum Gasteiger partial charge on any atom is 0.263 e. The van der Waals surface area contributed by atoms with Gasteiger partial charge in [0.25, 0.3) is 11.8 Å². The Balaban J connectivity index is 1.30. The summed E-state index contributed by atoms with van der Waals surface area (Å²) in [4.78, 5) is 45.3. The van der Waals surface area contributed by atoms with E-state index in [0.29, 0.717) is 24.2 Å². The molecule has 1 aromatic rings. The van der Waals surface area contributed by atoms with Gasteiger partial charge >= 0.3 is 0 Å². The van der Waals surface area contributed by atoms with Crippen molar-refractivity contribution in [3.8, 4) is 0 Å². The van der Waals surface area contributed by atoms with E-state index in [9.17, 15) is 19.5 Å². The van der Waals surface area contributed by atoms with E-state index in [4.69, 9.17) is 0 Å². The van der Waals surface area contributed by atoms with Crippen LogP contribution < -0.4 is 4.90 Å². The van der Waals surface area contributed by atoms with Crippen molar-refractivity contribution >= 4 is 23.4 Å². The summed E-state index contributed by atoms with van der Waals surface area (Å²) >= 11 is 0. The molecule has 3 fully saturated rings. The van der Waals surface area contributed by atoms with Gasteiger partial charge in [0.2, 0.25) is 5.91 Å². The Kier molecular flexibility index (Phi) is 6.41. The topological polar surface area (TPSA) is 81.2 Å². The molecular formula is C26H35N3O4. The first kappa shape index (κ1) is 22.4. The third-order valence-electron chi connectivity index (χ3n) is 8.17. The maximum absolute atomic E-state index is 13.5. The van der Waals surface area contributed by atoms with Crippen molar-refractivity contribution in [3.05, 3.63) is 29.3 Å². The maximum atomic E-state index is 13.5. The number of anilines is 1. The number of hydrogen-bond acceptors (Lipinski definition) is 5. The van der Waals surface area contributed by atoms with Gasteiger partial charge in [0, 0.05) is 31.6 Å². The molecule has 1 aliphatic carbocycles. The van der Waals surface area contributed by atoms with E-state index in [1.54, 1.807) is 6.07 Å². The highest BCUT2D eigenvalue weighted by atomic mass is 16.3. The van der Waals surface area contributed by atoms with E-state index in [1.807, 2.05) is 17.0 Å². The van der Waals surface area contributed by atoms with Crippen molar-refractivity contribution in [3.63, 3.8) is 0 Å². The summed E-state index contributed by atoms with van der Waals surface area (Å²) in [7, 11) is 0. The van der Waals surface area contributed by atoms with Crippen LogP contribution in [-0.2, 0) is 4.79 Å². The molecule has 1 atom stereocenters. The molecule has 1 aromatic carbocycles. The quantitative estimate of drug-likeness (QED) is 0.559. The lowest BCUT2D eigenvalue weighted by Crippen LogP contribution is -2.45. The van der Waals surface area contributed by atoms with Gasteiger partial charge in [0.15, 0.2) is 0 Å². The second kappa shape index (κ2) is 9.45. The number of benzene rings is 1. The lowest BCUT2D eigenvalue weighted by molar-refractivity contribution is -0.137. The molecule has 0 spiro atoms. The predicted molar refractivity (Wildman–Crippen MR) is 125 cm³/mol. The minimum Gasteiger partial charge on any atom is -0.394 e. The number of nitrogens with zero attached hydrogens (tertiary/aromatic N) is 3. The Morgan fingerprint density at radius 2 is 1.61 bits per heavy atom. The largest absolute Gasteiger partial charge is 0.394 e. The monoisotopic (exact) mass is 453 g/mol. The number of aliphatic hydroxyl groups excluding tert-OH is 1. The average molecular weight is 454 g/mol. The number of imide groups is 1. The number of amides is 3. The van der Waals surface area contributed by atoms with Crippen molar-refractivity contribution in [2.45, 2.75) is 76.3 Å². The molecule has 0 aromatic heterocycles. The average Bonchev–Trinajstić information content (AvgIpc) is 3.31. The summed E-state index contributed by atoms with van der Waals surface area (Å²) < 4.78 is 0. The molecular weight excluding hydrogens is 418 g/mol. The van der Waals surface area contributed by atoms with Gasteiger partial charge < -0.3 is 14.9 Å². The molecule has 4 aliphatic rings. The van der Waals surface area contributed by atoms with Crippen LogP contribution in [0.15, 0.2) is 18.2 Å². The van der Waals surface area contributed by atoms with Gasteiger partial charge in [-0.15, -0.1) is 0 Å². The predicted octanol–water partition coefficient (Wildman–Crippen LogP) is 3.21. The van der Waals surface area contributed by atoms with Crippen molar-refractivity contribution in [2.75, 3.05) is 31.1 Å². The molecule has 7 heteroatoms. The fraction of sp³-hybridized carbons (Fsp3) is 0.654. The highest BCUT2D eigenvalue weighted by molar-refractivity contribution is 6.24. The van der Waals surface area contributed by atoms with Crippen LogP contribution in [0.1, 0.15) is 84.9 Å². The molecule has 0 bridgehead atoms. The van der Waals surface area contributed by atoms with Crippen molar-refractivity contribution in [1.29, 1.82) is 0 Å². The zero-order valence-corrected chi connectivity index (χ0v) is 19.4. The number of rotatable bonds is 4. The molecule has 1 N–H and O–H groups in total. The van der Waals surface area contributed by atoms with Gasteiger partial charge in [-0.2, -0.15) is 0 Å². The molecule has 3 heterocycles. The van der Waals surface area contributed by atoms with Crippen LogP contribution in [0.25, 0.3) is 0 Å². The molecule has 3 aliphatic heterocycles. The lowest BCUT2D eigenvalue weighted by Gasteiger charge is -2.36. The summed E-state index contributed by atoms with van der Waals surface area (Å²) in [6, 6.07) is 5.59. The summed E-state index contributed by atoms with van der Waals surface area (Å²) in [5.74, 6) is -0.156. The summed E-state index contributed by atoms with van der Waals surface area (Å²) in [5.41, 5.74) is 1.92. The number of aliphatic hydroxyl groups is 1. The van der Waals surface area contributed by atoms with E-state index in [-0.39, 0.29) is 42.3 Å². The Morgan fingerprint density at radius 3 is 2.30 bits per heavy atom. The van der Waals surface area contributed by atoms with Gasteiger partial charge in [0.1, 0.15) is 0 Å². The zero-order valence-electron chi connectivity index (χ0n) is 19.4. The molecule has 33 heavy (non-hydrogen) atoms. The van der Waals surface area contributed by atoms with Gasteiger partial charge in [-0.1, -0.05) is 31.7 Å². The van der Waals surface area contributed by atoms with Crippen LogP contribution in [0.3, 0.4) is 0 Å². The molecule has 2 saturated heterocycles. The van der Waals surface area contributed by atoms with Gasteiger partial charge in [0.05, 0.1) is 29.5 Å². The van der Waals surface area contributed by atoms with E-state index < -0.39 is 0 Å². The van der Waals surface area contributed by atoms with E-state index in [1.165, 1.54) is 17.7 Å². The van der Waals surface area contributed by atoms with Crippen LogP contribution in [-0.4, -0.2) is 71.0 Å². The minimum atomic E-state index is -0.141. The molecule has 178 valence electrons. The molecule has 3 amide bonds.